The van der Waals surface area contributed by atoms with Gasteiger partial charge in [-0.05, 0) is 25.6 Å². The molecule has 0 radical (unpaired) electrons. The van der Waals surface area contributed by atoms with E-state index in [1.165, 1.54) is 0 Å². The normalized spacial score (nSPS) is 9.27. The highest BCUT2D eigenvalue weighted by Crippen LogP contribution is 2.00. The minimum Gasteiger partial charge on any atom is -0.362 e. The molecular weight excluding hydrogens is 134 g/mol. The predicted octanol–water partition coefficient (Wildman–Crippen LogP) is 3.23. The van der Waals surface area contributed by atoms with Crippen molar-refractivity contribution >= 4 is 0 Å². The number of nitrogens with one attached hydrogen (secondary N) is 1. The van der Waals surface area contributed by atoms with Crippen LogP contribution >= 0.6 is 0 Å². The maximum absolute atomic E-state index is 3.77. The average Bonchev–Trinajstić information content (AvgIpc) is 2.03. The molecule has 0 saturated heterocycles. The monoisotopic (exact) mass is 153 g/mol. The van der Waals surface area contributed by atoms with Gasteiger partial charge in [-0.15, -0.1) is 0 Å². The van der Waals surface area contributed by atoms with Crippen molar-refractivity contribution < 1.29 is 0 Å². The fraction of sp³-hybridized carbons (Fsp3) is 0.400. The van der Waals surface area contributed by atoms with Crippen molar-refractivity contribution in [1.82, 2.24) is 5.32 Å². The van der Waals surface area contributed by atoms with Gasteiger partial charge in [0.15, 0.2) is 0 Å². The molecule has 0 aliphatic carbocycles. The van der Waals surface area contributed by atoms with Crippen LogP contribution in [-0.2, 0) is 0 Å². The minimum atomic E-state index is 1.03. The lowest BCUT2D eigenvalue weighted by molar-refractivity contribution is 1.07. The summed E-state index contributed by atoms with van der Waals surface area (Å²) in [5, 5.41) is 2.96. The van der Waals surface area contributed by atoms with E-state index in [0.29, 0.717) is 0 Å². The van der Waals surface area contributed by atoms with Crippen LogP contribution < -0.4 is 5.32 Å². The molecule has 64 valence electrons. The molecule has 1 N–H and O–H groups in total. The molecule has 0 aromatic carbocycles. The summed E-state index contributed by atoms with van der Waals surface area (Å²) < 4.78 is 0. The van der Waals surface area contributed by atoms with Crippen LogP contribution in [-0.4, -0.2) is 0 Å². The zero-order valence-corrected chi connectivity index (χ0v) is 8.07. The van der Waals surface area contributed by atoms with Crippen LogP contribution in [0.3, 0.4) is 0 Å². The zero-order chi connectivity index (χ0) is 9.28. The van der Waals surface area contributed by atoms with Crippen molar-refractivity contribution in [2.24, 2.45) is 0 Å². The summed E-state index contributed by atoms with van der Waals surface area (Å²) in [7, 11) is 0. The van der Waals surface area contributed by atoms with Crippen LogP contribution in [0, 0.1) is 0 Å². The van der Waals surface area contributed by atoms with E-state index in [9.17, 15) is 0 Å². The first-order valence-electron chi connectivity index (χ1n) is 3.92. The molecule has 11 heavy (non-hydrogen) atoms. The molecular formula is C10H19N. The molecule has 0 amide bonds. The van der Waals surface area contributed by atoms with Crippen LogP contribution in [0.5, 0.6) is 0 Å². The third-order valence-electron chi connectivity index (χ3n) is 1.01. The molecule has 0 rings (SSSR count). The van der Waals surface area contributed by atoms with Gasteiger partial charge in [-0.25, -0.2) is 0 Å². The summed E-state index contributed by atoms with van der Waals surface area (Å²) in [6, 6.07) is 0. The fourth-order valence-electron chi connectivity index (χ4n) is 0.563. The van der Waals surface area contributed by atoms with Gasteiger partial charge in [-0.2, -0.15) is 0 Å². The summed E-state index contributed by atoms with van der Waals surface area (Å²) in [5.41, 5.74) is 2.06. The average molecular weight is 153 g/mol. The molecule has 0 bridgehead atoms. The Kier molecular flexibility index (Phi) is 10.4. The molecule has 0 aromatic heterocycles. The summed E-state index contributed by atoms with van der Waals surface area (Å²) in [4.78, 5) is 0. The third-order valence-corrected chi connectivity index (χ3v) is 1.01. The smallest absolute Gasteiger partial charge is 0.0359 e. The summed E-state index contributed by atoms with van der Waals surface area (Å²) in [6.07, 6.45) is 3.61. The van der Waals surface area contributed by atoms with Gasteiger partial charge in [-0.3, -0.25) is 0 Å². The maximum Gasteiger partial charge on any atom is 0.0359 e. The number of rotatable bonds is 3. The van der Waals surface area contributed by atoms with E-state index >= 15 is 0 Å². The Morgan fingerprint density at radius 1 is 1.36 bits per heavy atom. The van der Waals surface area contributed by atoms with E-state index in [4.69, 9.17) is 0 Å². The first-order valence-corrected chi connectivity index (χ1v) is 3.92. The number of hydrogen-bond donors (Lipinski definition) is 1. The molecule has 0 aromatic rings. The molecule has 0 aliphatic heterocycles. The Labute approximate surface area is 70.5 Å². The highest BCUT2D eigenvalue weighted by atomic mass is 14.8. The van der Waals surface area contributed by atoms with Crippen molar-refractivity contribution in [2.45, 2.75) is 27.7 Å². The maximum atomic E-state index is 3.77. The number of hydrogen-bond acceptors (Lipinski definition) is 1. The van der Waals surface area contributed by atoms with E-state index in [1.807, 2.05) is 33.8 Å². The lowest BCUT2D eigenvalue weighted by Gasteiger charge is -2.03. The van der Waals surface area contributed by atoms with Gasteiger partial charge < -0.3 is 5.32 Å². The van der Waals surface area contributed by atoms with Crippen molar-refractivity contribution in [3.8, 4) is 0 Å². The zero-order valence-electron chi connectivity index (χ0n) is 8.07. The summed E-state index contributed by atoms with van der Waals surface area (Å²) in [5.74, 6) is 0. The molecule has 1 heteroatoms. The molecule has 0 aliphatic rings. The first kappa shape index (κ1) is 12.7. The van der Waals surface area contributed by atoms with Gasteiger partial charge in [0.2, 0.25) is 0 Å². The van der Waals surface area contributed by atoms with E-state index in [1.54, 1.807) is 6.20 Å². The molecule has 0 unspecified atom stereocenters. The second kappa shape index (κ2) is 9.02. The number of allylic oxidation sites excluding steroid dienone is 2. The van der Waals surface area contributed by atoms with Crippen molar-refractivity contribution in [3.05, 3.63) is 36.7 Å². The fourth-order valence-corrected chi connectivity index (χ4v) is 0.563. The molecule has 0 fully saturated rings. The standard InChI is InChI=1S/C8H13N.C2H6/c1-5-8(7(3)4)9-6-2;1-2/h5-6,9H,2-3H2,1,4H3;1-2H3/b8-5-;. The highest BCUT2D eigenvalue weighted by molar-refractivity contribution is 5.24. The van der Waals surface area contributed by atoms with E-state index in [-0.39, 0.29) is 0 Å². The first-order chi connectivity index (χ1) is 5.22. The lowest BCUT2D eigenvalue weighted by atomic mass is 10.2. The minimum absolute atomic E-state index is 1.03. The van der Waals surface area contributed by atoms with Crippen LogP contribution in [0.4, 0.5) is 0 Å². The largest absolute Gasteiger partial charge is 0.362 e. The van der Waals surface area contributed by atoms with Gasteiger partial charge in [0, 0.05) is 5.70 Å². The van der Waals surface area contributed by atoms with Gasteiger partial charge >= 0.3 is 0 Å². The second-order valence-corrected chi connectivity index (χ2v) is 1.83. The topological polar surface area (TPSA) is 12.0 Å². The molecule has 0 heterocycles. The van der Waals surface area contributed by atoms with Crippen molar-refractivity contribution in [3.63, 3.8) is 0 Å². The molecule has 0 saturated carbocycles. The van der Waals surface area contributed by atoms with E-state index < -0.39 is 0 Å². The second-order valence-electron chi connectivity index (χ2n) is 1.83. The van der Waals surface area contributed by atoms with E-state index in [0.717, 1.165) is 11.3 Å². The van der Waals surface area contributed by atoms with Gasteiger partial charge in [0.05, 0.1) is 0 Å². The molecule has 0 spiro atoms. The van der Waals surface area contributed by atoms with Crippen LogP contribution in [0.15, 0.2) is 36.7 Å². The Morgan fingerprint density at radius 3 is 1.91 bits per heavy atom. The van der Waals surface area contributed by atoms with Crippen LogP contribution in [0.1, 0.15) is 27.7 Å². The highest BCUT2D eigenvalue weighted by Gasteiger charge is 1.88. The van der Waals surface area contributed by atoms with Gasteiger partial charge in [0.1, 0.15) is 0 Å². The van der Waals surface area contributed by atoms with Crippen LogP contribution in [0.2, 0.25) is 0 Å². The SMILES string of the molecule is C=CN/C(=C\C)C(=C)C.CC. The Hall–Kier alpha value is -0.980. The Balaban J connectivity index is 0. The Morgan fingerprint density at radius 2 is 1.82 bits per heavy atom. The van der Waals surface area contributed by atoms with Crippen LogP contribution in [0.25, 0.3) is 0 Å². The summed E-state index contributed by atoms with van der Waals surface area (Å²) in [6.45, 7) is 15.2. The van der Waals surface area contributed by atoms with Gasteiger partial charge in [0.25, 0.3) is 0 Å². The van der Waals surface area contributed by atoms with Crippen molar-refractivity contribution in [1.29, 1.82) is 0 Å². The van der Waals surface area contributed by atoms with Gasteiger partial charge in [-0.1, -0.05) is 33.1 Å². The predicted molar refractivity (Wildman–Crippen MR) is 53.3 cm³/mol. The molecule has 1 nitrogen and oxygen atoms in total. The molecule has 0 atom stereocenters. The van der Waals surface area contributed by atoms with E-state index in [2.05, 4.69) is 18.5 Å². The third kappa shape index (κ3) is 6.91. The lowest BCUT2D eigenvalue weighted by Crippen LogP contribution is -2.03. The quantitative estimate of drug-likeness (QED) is 0.614. The summed E-state index contributed by atoms with van der Waals surface area (Å²) >= 11 is 0. The van der Waals surface area contributed by atoms with Crippen molar-refractivity contribution in [2.75, 3.05) is 0 Å². The Bertz CT molecular complexity index is 143.